The van der Waals surface area contributed by atoms with Crippen LogP contribution in [0.1, 0.15) is 17.3 Å². The summed E-state index contributed by atoms with van der Waals surface area (Å²) in [6.45, 7) is 0.436. The molecular weight excluding hydrogens is 256 g/mol. The fraction of sp³-hybridized carbons (Fsp3) is 0.231. The molecule has 102 valence electrons. The lowest BCUT2D eigenvalue weighted by molar-refractivity contribution is 0.203. The van der Waals surface area contributed by atoms with Crippen molar-refractivity contribution in [2.45, 2.75) is 12.6 Å². The first kappa shape index (κ1) is 12.3. The van der Waals surface area contributed by atoms with Gasteiger partial charge in [-0.1, -0.05) is 35.5 Å². The van der Waals surface area contributed by atoms with Crippen LogP contribution in [0.5, 0.6) is 0 Å². The smallest absolute Gasteiger partial charge is 0.346 e. The van der Waals surface area contributed by atoms with Gasteiger partial charge in [0.25, 0.3) is 0 Å². The fourth-order valence-corrected chi connectivity index (χ4v) is 2.25. The topological polar surface area (TPSA) is 89.4 Å². The van der Waals surface area contributed by atoms with Gasteiger partial charge in [0, 0.05) is 13.6 Å². The third-order valence-electron chi connectivity index (χ3n) is 3.16. The lowest BCUT2D eigenvalue weighted by Crippen LogP contribution is -2.33. The molecule has 0 saturated carbocycles. The Bertz CT molecular complexity index is 663. The molecule has 3 rings (SSSR count). The maximum absolute atomic E-state index is 12.0. The molecule has 1 unspecified atom stereocenters. The molecule has 2 heterocycles. The van der Waals surface area contributed by atoms with Gasteiger partial charge in [-0.3, -0.25) is 4.68 Å². The third kappa shape index (κ3) is 2.13. The van der Waals surface area contributed by atoms with E-state index in [4.69, 9.17) is 5.73 Å². The monoisotopic (exact) mass is 270 g/mol. The number of aryl methyl sites for hydroxylation is 1. The molecule has 1 aliphatic heterocycles. The number of hydrogen-bond donors (Lipinski definition) is 1. The molecule has 2 amide bonds. The average molecular weight is 270 g/mol. The Hall–Kier alpha value is -2.70. The Labute approximate surface area is 115 Å². The van der Waals surface area contributed by atoms with E-state index in [1.54, 1.807) is 22.8 Å². The number of amides is 2. The van der Waals surface area contributed by atoms with Crippen LogP contribution >= 0.6 is 0 Å². The molecule has 1 aromatic carbocycles. The van der Waals surface area contributed by atoms with E-state index in [-0.39, 0.29) is 11.9 Å². The van der Waals surface area contributed by atoms with Crippen LogP contribution in [-0.4, -0.2) is 31.8 Å². The van der Waals surface area contributed by atoms with Crippen LogP contribution in [0.3, 0.4) is 0 Å². The summed E-state index contributed by atoms with van der Waals surface area (Å²) in [6.07, 6.45) is 1.74. The van der Waals surface area contributed by atoms with Gasteiger partial charge >= 0.3 is 6.03 Å². The number of carbonyl (C=O) groups is 1. The summed E-state index contributed by atoms with van der Waals surface area (Å²) in [5.74, 6) is 0.256. The van der Waals surface area contributed by atoms with Crippen LogP contribution in [0.25, 0.3) is 0 Å². The molecule has 1 aromatic heterocycles. The quantitative estimate of drug-likeness (QED) is 0.895. The molecule has 0 saturated heterocycles. The summed E-state index contributed by atoms with van der Waals surface area (Å²) in [7, 11) is 1.77. The van der Waals surface area contributed by atoms with Crippen LogP contribution in [0.15, 0.2) is 41.5 Å². The number of amidine groups is 1. The number of carbonyl (C=O) groups excluding carboxylic acids is 1. The maximum atomic E-state index is 12.0. The predicted molar refractivity (Wildman–Crippen MR) is 72.7 cm³/mol. The summed E-state index contributed by atoms with van der Waals surface area (Å²) in [6, 6.07) is 8.90. The van der Waals surface area contributed by atoms with E-state index in [1.165, 1.54) is 0 Å². The zero-order chi connectivity index (χ0) is 14.1. The summed E-state index contributed by atoms with van der Waals surface area (Å²) in [5, 5.41) is 7.91. The van der Waals surface area contributed by atoms with Crippen molar-refractivity contribution in [3.05, 3.63) is 47.8 Å². The number of hydrogen-bond acceptors (Lipinski definition) is 4. The third-order valence-corrected chi connectivity index (χ3v) is 3.16. The van der Waals surface area contributed by atoms with Crippen molar-refractivity contribution < 1.29 is 4.79 Å². The first-order valence-corrected chi connectivity index (χ1v) is 6.20. The lowest BCUT2D eigenvalue weighted by atomic mass is 10.1. The summed E-state index contributed by atoms with van der Waals surface area (Å²) in [5.41, 5.74) is 7.50. The number of urea groups is 1. The highest BCUT2D eigenvalue weighted by Gasteiger charge is 2.36. The molecule has 1 aliphatic rings. The molecule has 1 atom stereocenters. The van der Waals surface area contributed by atoms with E-state index < -0.39 is 6.04 Å². The fourth-order valence-electron chi connectivity index (χ4n) is 2.25. The van der Waals surface area contributed by atoms with Gasteiger partial charge in [-0.15, -0.1) is 5.10 Å². The Balaban J connectivity index is 1.90. The molecule has 7 nitrogen and oxygen atoms in total. The molecule has 0 spiro atoms. The predicted octanol–water partition coefficient (Wildman–Crippen LogP) is 0.849. The zero-order valence-corrected chi connectivity index (χ0v) is 11.0. The Morgan fingerprint density at radius 1 is 1.30 bits per heavy atom. The number of aromatic nitrogens is 3. The number of benzene rings is 1. The van der Waals surface area contributed by atoms with Crippen molar-refractivity contribution in [2.75, 3.05) is 0 Å². The van der Waals surface area contributed by atoms with Crippen LogP contribution < -0.4 is 5.73 Å². The van der Waals surface area contributed by atoms with Crippen molar-refractivity contribution in [1.29, 1.82) is 0 Å². The van der Waals surface area contributed by atoms with E-state index in [0.29, 0.717) is 12.2 Å². The van der Waals surface area contributed by atoms with Gasteiger partial charge in [-0.2, -0.15) is 4.99 Å². The molecule has 0 radical (unpaired) electrons. The second-order valence-electron chi connectivity index (χ2n) is 4.65. The van der Waals surface area contributed by atoms with E-state index in [9.17, 15) is 4.79 Å². The van der Waals surface area contributed by atoms with E-state index in [0.717, 1.165) is 5.56 Å². The highest BCUT2D eigenvalue weighted by Crippen LogP contribution is 2.26. The van der Waals surface area contributed by atoms with Gasteiger partial charge in [0.15, 0.2) is 0 Å². The van der Waals surface area contributed by atoms with Crippen molar-refractivity contribution in [2.24, 2.45) is 17.8 Å². The minimum absolute atomic E-state index is 0.256. The van der Waals surface area contributed by atoms with Gasteiger partial charge in [-0.25, -0.2) is 4.79 Å². The molecule has 2 N–H and O–H groups in total. The number of nitrogens with two attached hydrogens (primary N) is 1. The Kier molecular flexibility index (Phi) is 2.94. The second kappa shape index (κ2) is 4.76. The number of rotatable bonds is 3. The van der Waals surface area contributed by atoms with Gasteiger partial charge < -0.3 is 10.6 Å². The van der Waals surface area contributed by atoms with Crippen molar-refractivity contribution in [1.82, 2.24) is 19.9 Å². The Morgan fingerprint density at radius 3 is 2.70 bits per heavy atom. The minimum Gasteiger partial charge on any atom is -0.385 e. The van der Waals surface area contributed by atoms with Crippen LogP contribution in [0.4, 0.5) is 4.79 Å². The average Bonchev–Trinajstić information content (AvgIpc) is 2.95. The first-order chi connectivity index (χ1) is 9.65. The first-order valence-electron chi connectivity index (χ1n) is 6.20. The van der Waals surface area contributed by atoms with Gasteiger partial charge in [0.1, 0.15) is 17.6 Å². The van der Waals surface area contributed by atoms with Crippen molar-refractivity contribution in [3.63, 3.8) is 0 Å². The summed E-state index contributed by atoms with van der Waals surface area (Å²) >= 11 is 0. The van der Waals surface area contributed by atoms with E-state index in [2.05, 4.69) is 15.3 Å². The largest absolute Gasteiger partial charge is 0.385 e. The molecule has 0 aliphatic carbocycles. The minimum atomic E-state index is -0.448. The molecule has 20 heavy (non-hydrogen) atoms. The molecule has 2 aromatic rings. The lowest BCUT2D eigenvalue weighted by Gasteiger charge is -2.22. The highest BCUT2D eigenvalue weighted by molar-refractivity contribution is 6.03. The maximum Gasteiger partial charge on any atom is 0.346 e. The number of nitrogens with zero attached hydrogens (tertiary/aromatic N) is 5. The standard InChI is InChI=1S/C13H14N6O/c1-18-8-10(16-17-18)11-12(14)15-13(20)19(11)7-9-5-3-2-4-6-9/h2-6,8,11H,7H2,1H3,(H2,14,15,20). The van der Waals surface area contributed by atoms with Crippen molar-refractivity contribution in [3.8, 4) is 0 Å². The number of aliphatic imine (C=N–C) groups is 1. The molecule has 7 heteroatoms. The normalized spacial score (nSPS) is 18.4. The molecular formula is C13H14N6O. The van der Waals surface area contributed by atoms with Crippen LogP contribution in [-0.2, 0) is 13.6 Å². The van der Waals surface area contributed by atoms with Crippen LogP contribution in [0, 0.1) is 0 Å². The van der Waals surface area contributed by atoms with E-state index in [1.807, 2.05) is 30.3 Å². The van der Waals surface area contributed by atoms with Crippen LogP contribution in [0.2, 0.25) is 0 Å². The van der Waals surface area contributed by atoms with Crippen molar-refractivity contribution >= 4 is 11.9 Å². The van der Waals surface area contributed by atoms with Gasteiger partial charge in [0.2, 0.25) is 0 Å². The van der Waals surface area contributed by atoms with Gasteiger partial charge in [0.05, 0.1) is 6.20 Å². The zero-order valence-electron chi connectivity index (χ0n) is 11.0. The summed E-state index contributed by atoms with van der Waals surface area (Å²) < 4.78 is 1.58. The SMILES string of the molecule is Cn1cc(C2C(N)=NC(=O)N2Cc2ccccc2)nn1. The summed E-state index contributed by atoms with van der Waals surface area (Å²) in [4.78, 5) is 17.4. The molecule has 0 fully saturated rings. The van der Waals surface area contributed by atoms with E-state index >= 15 is 0 Å². The highest BCUT2D eigenvalue weighted by atomic mass is 16.2. The second-order valence-corrected chi connectivity index (χ2v) is 4.65. The Morgan fingerprint density at radius 2 is 2.05 bits per heavy atom. The molecule has 0 bridgehead atoms. The van der Waals surface area contributed by atoms with Gasteiger partial charge in [-0.05, 0) is 5.56 Å².